The van der Waals surface area contributed by atoms with E-state index in [9.17, 15) is 42.7 Å². The summed E-state index contributed by atoms with van der Waals surface area (Å²) in [6, 6.07) is 5.40. The highest BCUT2D eigenvalue weighted by molar-refractivity contribution is 7.70. The van der Waals surface area contributed by atoms with Crippen LogP contribution in [0.4, 0.5) is 14.9 Å². The predicted octanol–water partition coefficient (Wildman–Crippen LogP) is 4.25. The molecule has 0 saturated carbocycles. The van der Waals surface area contributed by atoms with E-state index in [2.05, 4.69) is 23.7 Å². The Hall–Kier alpha value is -2.24. The van der Waals surface area contributed by atoms with E-state index in [1.165, 1.54) is 29.3 Å². The maximum Gasteiger partial charge on any atom is 0.414 e. The number of amides is 1. The number of Topliss-reactive ketones (excluding diaryl/α,β-unsaturated/α-hetero) is 1. The number of pyridine rings is 1. The molecule has 12 nitrogen and oxygen atoms in total. The first kappa shape index (κ1) is 34.0. The van der Waals surface area contributed by atoms with Crippen LogP contribution in [0.1, 0.15) is 52.9 Å². The summed E-state index contributed by atoms with van der Waals surface area (Å²) in [6.45, 7) is 8.44. The van der Waals surface area contributed by atoms with E-state index >= 15 is 0 Å². The number of ether oxygens (including phenoxy) is 1. The second-order valence-corrected chi connectivity index (χ2v) is 13.5. The van der Waals surface area contributed by atoms with Crippen molar-refractivity contribution in [3.05, 3.63) is 36.3 Å². The number of hydrogen-bond acceptors (Lipinski definition) is 7. The molecule has 0 aliphatic rings. The lowest BCUT2D eigenvalue weighted by atomic mass is 10.1. The number of carbonyl (C=O) groups is 2. The predicted molar refractivity (Wildman–Crippen MR) is 149 cm³/mol. The van der Waals surface area contributed by atoms with Gasteiger partial charge in [-0.25, -0.2) is 9.18 Å². The van der Waals surface area contributed by atoms with Crippen molar-refractivity contribution >= 4 is 43.7 Å². The van der Waals surface area contributed by atoms with E-state index in [0.717, 1.165) is 26.1 Å². The number of carbonyl (C=O) groups excluding carboxylic acids is 2. The van der Waals surface area contributed by atoms with Crippen molar-refractivity contribution in [1.82, 2.24) is 9.88 Å². The molecule has 1 heterocycles. The Kier molecular flexibility index (Phi) is 12.8. The number of aromatic nitrogens is 1. The van der Waals surface area contributed by atoms with Crippen LogP contribution in [0.2, 0.25) is 0 Å². The van der Waals surface area contributed by atoms with Gasteiger partial charge in [0.05, 0.1) is 17.8 Å². The highest BCUT2D eigenvalue weighted by Crippen LogP contribution is 2.61. The van der Waals surface area contributed by atoms with Gasteiger partial charge in [0, 0.05) is 36.5 Å². The van der Waals surface area contributed by atoms with Crippen LogP contribution in [0.5, 0.6) is 0 Å². The molecular weight excluding hydrogens is 567 g/mol. The van der Waals surface area contributed by atoms with Crippen molar-refractivity contribution in [3.63, 3.8) is 0 Å². The van der Waals surface area contributed by atoms with Gasteiger partial charge in [-0.3, -0.25) is 23.8 Å². The van der Waals surface area contributed by atoms with Crippen molar-refractivity contribution in [2.45, 2.75) is 64.3 Å². The number of nitrogens with zero attached hydrogens (tertiary/aromatic N) is 3. The third-order valence-electron chi connectivity index (χ3n) is 6.58. The average molecular weight is 606 g/mol. The zero-order chi connectivity index (χ0) is 30.1. The normalized spacial score (nSPS) is 13.2. The van der Waals surface area contributed by atoms with Crippen molar-refractivity contribution in [2.75, 3.05) is 31.1 Å². The highest BCUT2D eigenvalue weighted by atomic mass is 31.2. The van der Waals surface area contributed by atoms with Crippen molar-refractivity contribution in [3.8, 4) is 0 Å². The van der Waals surface area contributed by atoms with Gasteiger partial charge in [0.15, 0.2) is 5.40 Å². The van der Waals surface area contributed by atoms with Crippen LogP contribution in [0, 0.1) is 5.82 Å². The molecule has 0 spiro atoms. The molecule has 2 rings (SSSR count). The minimum atomic E-state index is -5.22. The lowest BCUT2D eigenvalue weighted by Crippen LogP contribution is -2.40. The number of anilines is 1. The molecule has 40 heavy (non-hydrogen) atoms. The standard InChI is InChI=1S/C25H38FN3O9P2/c1-4-28(5-2)14-6-8-18(3)29(23-12-13-27-22-16-19(26)10-11-21(22)23)25(31)38-15-7-9-20(30)17-24(39(32,33)34)40(35,36)37/h10-13,16,18,24H,4-9,14-15,17H2,1-3H3,(H2,32,33,34)(H2,35,36,37). The van der Waals surface area contributed by atoms with E-state index in [-0.39, 0.29) is 25.5 Å². The fourth-order valence-corrected chi connectivity index (χ4v) is 6.80. The summed E-state index contributed by atoms with van der Waals surface area (Å²) < 4.78 is 42.1. The van der Waals surface area contributed by atoms with E-state index in [0.29, 0.717) is 23.0 Å². The van der Waals surface area contributed by atoms with Gasteiger partial charge in [-0.1, -0.05) is 13.8 Å². The van der Waals surface area contributed by atoms with Gasteiger partial charge in [-0.05, 0) is 64.0 Å². The maximum absolute atomic E-state index is 13.8. The summed E-state index contributed by atoms with van der Waals surface area (Å²) >= 11 is 0. The fourth-order valence-electron chi connectivity index (χ4n) is 4.35. The molecule has 0 aliphatic heterocycles. The number of ketones is 1. The largest absolute Gasteiger partial charge is 0.449 e. The quantitative estimate of drug-likeness (QED) is 0.159. The molecule has 0 fully saturated rings. The van der Waals surface area contributed by atoms with Crippen LogP contribution in [0.15, 0.2) is 30.5 Å². The summed E-state index contributed by atoms with van der Waals surface area (Å²) in [4.78, 5) is 70.2. The summed E-state index contributed by atoms with van der Waals surface area (Å²) in [7, 11) is -10.4. The van der Waals surface area contributed by atoms with Gasteiger partial charge in [-0.15, -0.1) is 0 Å². The Balaban J connectivity index is 2.13. The van der Waals surface area contributed by atoms with E-state index < -0.39 is 44.7 Å². The van der Waals surface area contributed by atoms with Crippen molar-refractivity contribution in [2.24, 2.45) is 0 Å². The highest BCUT2D eigenvalue weighted by Gasteiger charge is 2.44. The third kappa shape index (κ3) is 9.99. The number of benzene rings is 1. The molecule has 0 aliphatic carbocycles. The van der Waals surface area contributed by atoms with Crippen molar-refractivity contribution in [1.29, 1.82) is 0 Å². The summed E-state index contributed by atoms with van der Waals surface area (Å²) in [5.41, 5.74) is 0.841. The second-order valence-electron chi connectivity index (χ2n) is 9.50. The molecular formula is C25H38FN3O9P2. The Bertz CT molecular complexity index is 1230. The molecule has 1 atom stereocenters. The summed E-state index contributed by atoms with van der Waals surface area (Å²) in [5.74, 6) is -1.25. The third-order valence-corrected chi connectivity index (χ3v) is 10.3. The summed E-state index contributed by atoms with van der Waals surface area (Å²) in [6.07, 6.45) is 0.880. The molecule has 15 heteroatoms. The van der Waals surface area contributed by atoms with Gasteiger partial charge in [0.2, 0.25) is 0 Å². The molecule has 1 aromatic carbocycles. The molecule has 0 radical (unpaired) electrons. The first-order valence-electron chi connectivity index (χ1n) is 13.0. The molecule has 1 unspecified atom stereocenters. The molecule has 1 aromatic heterocycles. The van der Waals surface area contributed by atoms with E-state index in [1.807, 2.05) is 6.92 Å². The molecule has 0 saturated heterocycles. The fraction of sp³-hybridized carbons (Fsp3) is 0.560. The molecule has 1 amide bonds. The average Bonchev–Trinajstić information content (AvgIpc) is 2.86. The van der Waals surface area contributed by atoms with Crippen LogP contribution in [0.3, 0.4) is 0 Å². The Morgan fingerprint density at radius 3 is 2.30 bits per heavy atom. The van der Waals surface area contributed by atoms with Gasteiger partial charge in [0.25, 0.3) is 0 Å². The van der Waals surface area contributed by atoms with Crippen LogP contribution in [-0.2, 0) is 18.7 Å². The van der Waals surface area contributed by atoms with Gasteiger partial charge in [-0.2, -0.15) is 0 Å². The second kappa shape index (κ2) is 15.1. The molecule has 2 aromatic rings. The Morgan fingerprint density at radius 1 is 1.05 bits per heavy atom. The van der Waals surface area contributed by atoms with Gasteiger partial charge < -0.3 is 29.2 Å². The Morgan fingerprint density at radius 2 is 1.70 bits per heavy atom. The lowest BCUT2D eigenvalue weighted by molar-refractivity contribution is -0.119. The number of rotatable bonds is 16. The van der Waals surface area contributed by atoms with Gasteiger partial charge >= 0.3 is 21.3 Å². The van der Waals surface area contributed by atoms with Crippen molar-refractivity contribution < 1.29 is 47.4 Å². The SMILES string of the molecule is CCN(CC)CCCC(C)N(C(=O)OCCCC(=O)CC(P(=O)(O)O)P(=O)(O)O)c1ccnc2cc(F)ccc12. The monoisotopic (exact) mass is 605 g/mol. The van der Waals surface area contributed by atoms with Crippen LogP contribution in [-0.4, -0.2) is 79.0 Å². The number of fused-ring (bicyclic) bond motifs is 1. The van der Waals surface area contributed by atoms with Crippen LogP contribution in [0.25, 0.3) is 10.9 Å². The van der Waals surface area contributed by atoms with Gasteiger partial charge in [0.1, 0.15) is 11.6 Å². The first-order chi connectivity index (χ1) is 18.7. The number of hydrogen-bond donors (Lipinski definition) is 4. The first-order valence-corrected chi connectivity index (χ1v) is 16.4. The zero-order valence-electron chi connectivity index (χ0n) is 22.8. The smallest absolute Gasteiger partial charge is 0.414 e. The minimum absolute atomic E-state index is 0.0217. The molecule has 0 bridgehead atoms. The zero-order valence-corrected chi connectivity index (χ0v) is 24.6. The number of halogens is 1. The van der Waals surface area contributed by atoms with Crippen LogP contribution >= 0.6 is 15.2 Å². The minimum Gasteiger partial charge on any atom is -0.449 e. The summed E-state index contributed by atoms with van der Waals surface area (Å²) in [5, 5.41) is -1.86. The Labute approximate surface area is 232 Å². The topological polar surface area (TPSA) is 178 Å². The van der Waals surface area contributed by atoms with Crippen LogP contribution < -0.4 is 4.90 Å². The van der Waals surface area contributed by atoms with E-state index in [4.69, 9.17) is 4.74 Å². The maximum atomic E-state index is 13.8. The molecule has 224 valence electrons. The van der Waals surface area contributed by atoms with E-state index in [1.54, 1.807) is 6.07 Å². The lowest BCUT2D eigenvalue weighted by Gasteiger charge is -2.30. The molecule has 4 N–H and O–H groups in total.